The Balaban J connectivity index is 2.29. The summed E-state index contributed by atoms with van der Waals surface area (Å²) in [5, 5.41) is 0. The molecule has 1 rings (SSSR count). The third kappa shape index (κ3) is 1.08. The molecule has 0 aliphatic heterocycles. The van der Waals surface area contributed by atoms with Crippen LogP contribution in [0.3, 0.4) is 0 Å². The van der Waals surface area contributed by atoms with Gasteiger partial charge >= 0.3 is 0 Å². The molecule has 3 atom stereocenters. The maximum Gasteiger partial charge on any atom is 0.0984 e. The van der Waals surface area contributed by atoms with E-state index in [1.165, 1.54) is 0 Å². The van der Waals surface area contributed by atoms with Crippen LogP contribution in [0.25, 0.3) is 0 Å². The Labute approximate surface area is 55.1 Å². The summed E-state index contributed by atoms with van der Waals surface area (Å²) >= 11 is 0. The minimum absolute atomic E-state index is 0.120. The second-order valence-corrected chi connectivity index (χ2v) is 2.37. The van der Waals surface area contributed by atoms with Crippen molar-refractivity contribution in [1.29, 1.82) is 0 Å². The molecule has 1 aliphatic rings. The zero-order valence-electron chi connectivity index (χ0n) is 5.83. The standard InChI is InChI=1S/C6H13NO2/c1-8-5-3-4(7)6(5)9-2/h4-6H,3,7H2,1-2H3. The Hall–Kier alpha value is -0.120. The monoisotopic (exact) mass is 131 g/mol. The molecule has 0 aromatic heterocycles. The average Bonchev–Trinajstić information content (AvgIpc) is 1.83. The van der Waals surface area contributed by atoms with Crippen LogP contribution in [0.1, 0.15) is 6.42 Å². The highest BCUT2D eigenvalue weighted by molar-refractivity contribution is 4.94. The molecule has 1 aliphatic carbocycles. The van der Waals surface area contributed by atoms with Gasteiger partial charge in [0.15, 0.2) is 0 Å². The van der Waals surface area contributed by atoms with Gasteiger partial charge in [-0.15, -0.1) is 0 Å². The van der Waals surface area contributed by atoms with Crippen molar-refractivity contribution < 1.29 is 9.47 Å². The molecule has 1 saturated carbocycles. The minimum Gasteiger partial charge on any atom is -0.379 e. The number of nitrogens with two attached hydrogens (primary N) is 1. The summed E-state index contributed by atoms with van der Waals surface area (Å²) in [6.45, 7) is 0. The van der Waals surface area contributed by atoms with Crippen LogP contribution in [0.4, 0.5) is 0 Å². The first-order valence-corrected chi connectivity index (χ1v) is 3.10. The molecule has 1 fully saturated rings. The Morgan fingerprint density at radius 2 is 2.00 bits per heavy atom. The quantitative estimate of drug-likeness (QED) is 0.562. The highest BCUT2D eigenvalue weighted by Crippen LogP contribution is 2.23. The van der Waals surface area contributed by atoms with Crippen LogP contribution in [0.2, 0.25) is 0 Å². The van der Waals surface area contributed by atoms with Crippen LogP contribution in [0.15, 0.2) is 0 Å². The summed E-state index contributed by atoms with van der Waals surface area (Å²) in [6, 6.07) is 0.181. The van der Waals surface area contributed by atoms with Crippen molar-refractivity contribution in [3.05, 3.63) is 0 Å². The van der Waals surface area contributed by atoms with Gasteiger partial charge in [0.2, 0.25) is 0 Å². The van der Waals surface area contributed by atoms with Crippen LogP contribution in [-0.4, -0.2) is 32.5 Å². The normalized spacial score (nSPS) is 42.3. The first-order valence-electron chi connectivity index (χ1n) is 3.10. The topological polar surface area (TPSA) is 44.5 Å². The molecule has 0 amide bonds. The molecule has 0 aromatic carbocycles. The predicted molar refractivity (Wildman–Crippen MR) is 34.2 cm³/mol. The van der Waals surface area contributed by atoms with E-state index >= 15 is 0 Å². The predicted octanol–water partition coefficient (Wildman–Crippen LogP) is -0.253. The summed E-state index contributed by atoms with van der Waals surface area (Å²) in [6.07, 6.45) is 1.27. The fourth-order valence-electron chi connectivity index (χ4n) is 1.17. The van der Waals surface area contributed by atoms with E-state index in [0.29, 0.717) is 0 Å². The maximum atomic E-state index is 5.59. The van der Waals surface area contributed by atoms with Gasteiger partial charge in [-0.2, -0.15) is 0 Å². The van der Waals surface area contributed by atoms with Gasteiger partial charge in [-0.1, -0.05) is 0 Å². The van der Waals surface area contributed by atoms with E-state index in [2.05, 4.69) is 0 Å². The lowest BCUT2D eigenvalue weighted by Gasteiger charge is -2.40. The molecule has 0 spiro atoms. The molecule has 3 nitrogen and oxygen atoms in total. The van der Waals surface area contributed by atoms with Crippen LogP contribution in [0.5, 0.6) is 0 Å². The van der Waals surface area contributed by atoms with E-state index in [0.717, 1.165) is 6.42 Å². The molecule has 0 heterocycles. The average molecular weight is 131 g/mol. The van der Waals surface area contributed by atoms with Gasteiger partial charge in [0.25, 0.3) is 0 Å². The number of methoxy groups -OCH3 is 2. The number of rotatable bonds is 2. The Bertz CT molecular complexity index is 97.1. The van der Waals surface area contributed by atoms with Gasteiger partial charge in [0.1, 0.15) is 0 Å². The maximum absolute atomic E-state index is 5.59. The lowest BCUT2D eigenvalue weighted by Crippen LogP contribution is -2.57. The zero-order valence-corrected chi connectivity index (χ0v) is 5.83. The SMILES string of the molecule is COC1CC(N)C1OC. The molecule has 3 heteroatoms. The van der Waals surface area contributed by atoms with E-state index in [4.69, 9.17) is 15.2 Å². The number of ether oxygens (including phenoxy) is 2. The summed E-state index contributed by atoms with van der Waals surface area (Å²) in [5.74, 6) is 0. The van der Waals surface area contributed by atoms with Crippen molar-refractivity contribution in [1.82, 2.24) is 0 Å². The molecule has 0 radical (unpaired) electrons. The van der Waals surface area contributed by atoms with Crippen molar-refractivity contribution in [2.45, 2.75) is 24.7 Å². The smallest absolute Gasteiger partial charge is 0.0984 e. The highest BCUT2D eigenvalue weighted by atomic mass is 16.5. The molecule has 54 valence electrons. The summed E-state index contributed by atoms with van der Waals surface area (Å²) in [7, 11) is 3.35. The van der Waals surface area contributed by atoms with Crippen molar-refractivity contribution in [3.8, 4) is 0 Å². The molecule has 0 aromatic rings. The minimum atomic E-state index is 0.120. The Kier molecular flexibility index (Phi) is 2.05. The van der Waals surface area contributed by atoms with Crippen molar-refractivity contribution in [2.75, 3.05) is 14.2 Å². The Morgan fingerprint density at radius 1 is 1.33 bits per heavy atom. The van der Waals surface area contributed by atoms with E-state index in [-0.39, 0.29) is 18.2 Å². The molecule has 3 unspecified atom stereocenters. The fraction of sp³-hybridized carbons (Fsp3) is 1.00. The molecular formula is C6H13NO2. The number of hydrogen-bond donors (Lipinski definition) is 1. The summed E-state index contributed by atoms with van der Waals surface area (Å²) in [5.41, 5.74) is 5.59. The van der Waals surface area contributed by atoms with Gasteiger partial charge in [0.05, 0.1) is 12.2 Å². The van der Waals surface area contributed by atoms with Crippen molar-refractivity contribution in [2.24, 2.45) is 5.73 Å². The van der Waals surface area contributed by atoms with Gasteiger partial charge in [-0.3, -0.25) is 0 Å². The molecule has 0 saturated heterocycles. The molecular weight excluding hydrogens is 118 g/mol. The Morgan fingerprint density at radius 3 is 2.22 bits per heavy atom. The van der Waals surface area contributed by atoms with Crippen molar-refractivity contribution in [3.63, 3.8) is 0 Å². The van der Waals surface area contributed by atoms with E-state index < -0.39 is 0 Å². The third-order valence-electron chi connectivity index (χ3n) is 1.87. The van der Waals surface area contributed by atoms with E-state index in [9.17, 15) is 0 Å². The summed E-state index contributed by atoms with van der Waals surface area (Å²) < 4.78 is 10.1. The van der Waals surface area contributed by atoms with Crippen LogP contribution >= 0.6 is 0 Å². The number of hydrogen-bond acceptors (Lipinski definition) is 3. The van der Waals surface area contributed by atoms with Crippen LogP contribution < -0.4 is 5.73 Å². The zero-order chi connectivity index (χ0) is 6.85. The van der Waals surface area contributed by atoms with Crippen molar-refractivity contribution >= 4 is 0 Å². The van der Waals surface area contributed by atoms with Crippen LogP contribution in [0, 0.1) is 0 Å². The van der Waals surface area contributed by atoms with Gasteiger partial charge < -0.3 is 15.2 Å². The lowest BCUT2D eigenvalue weighted by molar-refractivity contribution is -0.110. The van der Waals surface area contributed by atoms with Gasteiger partial charge in [0, 0.05) is 20.3 Å². The van der Waals surface area contributed by atoms with Gasteiger partial charge in [-0.05, 0) is 6.42 Å². The highest BCUT2D eigenvalue weighted by Gasteiger charge is 2.38. The summed E-state index contributed by atoms with van der Waals surface area (Å²) in [4.78, 5) is 0. The first-order chi connectivity index (χ1) is 4.29. The fourth-order valence-corrected chi connectivity index (χ4v) is 1.17. The first kappa shape index (κ1) is 6.99. The van der Waals surface area contributed by atoms with E-state index in [1.54, 1.807) is 14.2 Å². The second kappa shape index (κ2) is 2.64. The second-order valence-electron chi connectivity index (χ2n) is 2.37. The molecule has 9 heavy (non-hydrogen) atoms. The largest absolute Gasteiger partial charge is 0.379 e. The lowest BCUT2D eigenvalue weighted by atomic mass is 9.86. The molecule has 0 bridgehead atoms. The molecule has 2 N–H and O–H groups in total. The third-order valence-corrected chi connectivity index (χ3v) is 1.87. The van der Waals surface area contributed by atoms with Crippen LogP contribution in [-0.2, 0) is 9.47 Å². The van der Waals surface area contributed by atoms with Gasteiger partial charge in [-0.25, -0.2) is 0 Å². The van der Waals surface area contributed by atoms with E-state index in [1.807, 2.05) is 0 Å².